The summed E-state index contributed by atoms with van der Waals surface area (Å²) in [7, 11) is 0. The van der Waals surface area contributed by atoms with Gasteiger partial charge in [-0.05, 0) is 47.7 Å². The summed E-state index contributed by atoms with van der Waals surface area (Å²) in [6.45, 7) is 0.222. The van der Waals surface area contributed by atoms with Gasteiger partial charge >= 0.3 is 0 Å². The van der Waals surface area contributed by atoms with Crippen LogP contribution in [0, 0.1) is 5.82 Å². The second-order valence-corrected chi connectivity index (χ2v) is 8.24. The predicted octanol–water partition coefficient (Wildman–Crippen LogP) is 6.29. The van der Waals surface area contributed by atoms with Crippen LogP contribution in [0.3, 0.4) is 0 Å². The minimum absolute atomic E-state index is 0.0512. The minimum Gasteiger partial charge on any atom is -0.488 e. The van der Waals surface area contributed by atoms with Crippen LogP contribution in [0.2, 0.25) is 5.02 Å². The van der Waals surface area contributed by atoms with Gasteiger partial charge in [-0.2, -0.15) is 0 Å². The summed E-state index contributed by atoms with van der Waals surface area (Å²) in [5, 5.41) is 0.251. The SMILES string of the molecule is O=C1S/C(=C\c2ccccc2OCc2ccccc2F)C(=O)N1Cc1ccc(Cl)cc1. The molecular weight excluding hydrogens is 437 g/mol. The third-order valence-electron chi connectivity index (χ3n) is 4.67. The van der Waals surface area contributed by atoms with Gasteiger partial charge in [-0.15, -0.1) is 0 Å². The third kappa shape index (κ3) is 4.98. The number of hydrogen-bond acceptors (Lipinski definition) is 4. The molecule has 0 saturated carbocycles. The van der Waals surface area contributed by atoms with Gasteiger partial charge in [0.25, 0.3) is 11.1 Å². The van der Waals surface area contributed by atoms with E-state index in [1.165, 1.54) is 11.0 Å². The maximum atomic E-state index is 13.9. The Hall–Kier alpha value is -3.09. The molecule has 0 spiro atoms. The van der Waals surface area contributed by atoms with Gasteiger partial charge < -0.3 is 4.74 Å². The first-order valence-corrected chi connectivity index (χ1v) is 10.7. The second kappa shape index (κ2) is 9.37. The molecule has 0 bridgehead atoms. The zero-order chi connectivity index (χ0) is 21.8. The van der Waals surface area contributed by atoms with E-state index >= 15 is 0 Å². The van der Waals surface area contributed by atoms with Gasteiger partial charge in [0, 0.05) is 16.1 Å². The molecule has 0 aromatic heterocycles. The van der Waals surface area contributed by atoms with Crippen LogP contribution in [-0.4, -0.2) is 16.0 Å². The van der Waals surface area contributed by atoms with Crippen molar-refractivity contribution >= 4 is 40.6 Å². The maximum Gasteiger partial charge on any atom is 0.293 e. The van der Waals surface area contributed by atoms with Crippen molar-refractivity contribution in [3.8, 4) is 5.75 Å². The fourth-order valence-corrected chi connectivity index (χ4v) is 4.01. The van der Waals surface area contributed by atoms with Crippen molar-refractivity contribution in [2.75, 3.05) is 0 Å². The summed E-state index contributed by atoms with van der Waals surface area (Å²) < 4.78 is 19.7. The van der Waals surface area contributed by atoms with Crippen LogP contribution in [0.25, 0.3) is 6.08 Å². The predicted molar refractivity (Wildman–Crippen MR) is 120 cm³/mol. The fourth-order valence-electron chi connectivity index (χ4n) is 3.05. The number of amides is 2. The summed E-state index contributed by atoms with van der Waals surface area (Å²) >= 11 is 6.78. The van der Waals surface area contributed by atoms with Crippen LogP contribution in [0.15, 0.2) is 77.7 Å². The third-order valence-corrected chi connectivity index (χ3v) is 5.83. The molecule has 2 amide bonds. The van der Waals surface area contributed by atoms with Crippen LogP contribution < -0.4 is 4.74 Å². The Morgan fingerprint density at radius 2 is 1.68 bits per heavy atom. The zero-order valence-electron chi connectivity index (χ0n) is 16.3. The lowest BCUT2D eigenvalue weighted by atomic mass is 10.1. The average molecular weight is 454 g/mol. The lowest BCUT2D eigenvalue weighted by Crippen LogP contribution is -2.27. The zero-order valence-corrected chi connectivity index (χ0v) is 17.8. The van der Waals surface area contributed by atoms with Gasteiger partial charge in [0.2, 0.25) is 0 Å². The van der Waals surface area contributed by atoms with Gasteiger partial charge in [0.05, 0.1) is 11.4 Å². The number of para-hydroxylation sites is 1. The van der Waals surface area contributed by atoms with E-state index in [1.54, 1.807) is 72.8 Å². The van der Waals surface area contributed by atoms with Crippen molar-refractivity contribution in [2.24, 2.45) is 0 Å². The van der Waals surface area contributed by atoms with Crippen molar-refractivity contribution in [1.82, 2.24) is 4.90 Å². The van der Waals surface area contributed by atoms with E-state index in [2.05, 4.69) is 0 Å². The second-order valence-electron chi connectivity index (χ2n) is 6.81. The molecule has 1 aliphatic heterocycles. The first kappa shape index (κ1) is 21.2. The number of carbonyl (C=O) groups excluding carboxylic acids is 2. The highest BCUT2D eigenvalue weighted by molar-refractivity contribution is 8.18. The Morgan fingerprint density at radius 3 is 2.45 bits per heavy atom. The van der Waals surface area contributed by atoms with Crippen molar-refractivity contribution in [2.45, 2.75) is 13.2 Å². The number of rotatable bonds is 6. The molecule has 31 heavy (non-hydrogen) atoms. The quantitative estimate of drug-likeness (QED) is 0.411. The summed E-state index contributed by atoms with van der Waals surface area (Å²) in [5.74, 6) is -0.215. The number of hydrogen-bond donors (Lipinski definition) is 0. The van der Waals surface area contributed by atoms with Gasteiger partial charge in [0.15, 0.2) is 0 Å². The van der Waals surface area contributed by atoms with E-state index < -0.39 is 0 Å². The summed E-state index contributed by atoms with van der Waals surface area (Å²) in [6.07, 6.45) is 1.63. The van der Waals surface area contributed by atoms with Crippen molar-refractivity contribution in [3.05, 3.63) is 105 Å². The Morgan fingerprint density at radius 1 is 0.968 bits per heavy atom. The highest BCUT2D eigenvalue weighted by Crippen LogP contribution is 2.35. The molecule has 156 valence electrons. The molecule has 1 fully saturated rings. The van der Waals surface area contributed by atoms with Gasteiger partial charge in [-0.3, -0.25) is 14.5 Å². The number of imide groups is 1. The van der Waals surface area contributed by atoms with E-state index in [0.717, 1.165) is 17.3 Å². The van der Waals surface area contributed by atoms with Crippen molar-refractivity contribution in [3.63, 3.8) is 0 Å². The standard InChI is InChI=1S/C24H17ClFNO3S/c25-19-11-9-16(10-12-19)14-27-23(28)22(31-24(27)29)13-17-5-2-4-8-21(17)30-15-18-6-1-3-7-20(18)26/h1-13H,14-15H2/b22-13-. The van der Waals surface area contributed by atoms with Crippen LogP contribution >= 0.6 is 23.4 Å². The molecule has 0 N–H and O–H groups in total. The van der Waals surface area contributed by atoms with Crippen LogP contribution in [-0.2, 0) is 17.9 Å². The molecule has 4 rings (SSSR count). The Kier molecular flexibility index (Phi) is 6.39. The summed E-state index contributed by atoms with van der Waals surface area (Å²) in [6, 6.07) is 20.5. The first-order chi connectivity index (χ1) is 15.0. The topological polar surface area (TPSA) is 46.6 Å². The normalized spacial score (nSPS) is 15.0. The maximum absolute atomic E-state index is 13.9. The number of halogens is 2. The number of ether oxygens (including phenoxy) is 1. The van der Waals surface area contributed by atoms with E-state index in [-0.39, 0.29) is 30.1 Å². The van der Waals surface area contributed by atoms with Crippen LogP contribution in [0.4, 0.5) is 9.18 Å². The van der Waals surface area contributed by atoms with Gasteiger partial charge in [-0.25, -0.2) is 4.39 Å². The molecule has 1 aliphatic rings. The average Bonchev–Trinajstić information content (AvgIpc) is 3.03. The Bertz CT molecular complexity index is 1160. The lowest BCUT2D eigenvalue weighted by molar-refractivity contribution is -0.123. The highest BCUT2D eigenvalue weighted by Gasteiger charge is 2.35. The molecule has 0 atom stereocenters. The smallest absolute Gasteiger partial charge is 0.293 e. The van der Waals surface area contributed by atoms with Gasteiger partial charge in [-0.1, -0.05) is 60.1 Å². The largest absolute Gasteiger partial charge is 0.488 e. The van der Waals surface area contributed by atoms with E-state index in [0.29, 0.717) is 26.8 Å². The Balaban J connectivity index is 1.52. The molecule has 3 aromatic carbocycles. The number of benzene rings is 3. The van der Waals surface area contributed by atoms with Crippen molar-refractivity contribution < 1.29 is 18.7 Å². The van der Waals surface area contributed by atoms with Crippen LogP contribution in [0.5, 0.6) is 5.75 Å². The monoisotopic (exact) mass is 453 g/mol. The minimum atomic E-state index is -0.367. The van der Waals surface area contributed by atoms with E-state index in [4.69, 9.17) is 16.3 Å². The highest BCUT2D eigenvalue weighted by atomic mass is 35.5. The number of thioether (sulfide) groups is 1. The summed E-state index contributed by atoms with van der Waals surface area (Å²) in [5.41, 5.74) is 1.87. The summed E-state index contributed by atoms with van der Waals surface area (Å²) in [4.78, 5) is 26.7. The van der Waals surface area contributed by atoms with Crippen LogP contribution in [0.1, 0.15) is 16.7 Å². The van der Waals surface area contributed by atoms with Crippen molar-refractivity contribution in [1.29, 1.82) is 0 Å². The molecule has 7 heteroatoms. The molecule has 0 radical (unpaired) electrons. The first-order valence-electron chi connectivity index (χ1n) is 9.46. The fraction of sp³-hybridized carbons (Fsp3) is 0.0833. The van der Waals surface area contributed by atoms with E-state index in [1.807, 2.05) is 0 Å². The number of nitrogens with zero attached hydrogens (tertiary/aromatic N) is 1. The van der Waals surface area contributed by atoms with E-state index in [9.17, 15) is 14.0 Å². The molecular formula is C24H17ClFNO3S. The molecule has 0 unspecified atom stereocenters. The lowest BCUT2D eigenvalue weighted by Gasteiger charge is -2.12. The molecule has 1 saturated heterocycles. The number of carbonyl (C=O) groups is 2. The Labute approximate surface area is 188 Å². The molecule has 0 aliphatic carbocycles. The van der Waals surface area contributed by atoms with Gasteiger partial charge in [0.1, 0.15) is 18.2 Å². The molecule has 1 heterocycles. The molecule has 4 nitrogen and oxygen atoms in total. The molecule has 3 aromatic rings.